The van der Waals surface area contributed by atoms with Crippen LogP contribution in [-0.4, -0.2) is 5.71 Å². The number of rotatable bonds is 10. The molecule has 2 aliphatic carbocycles. The summed E-state index contributed by atoms with van der Waals surface area (Å²) in [5.74, 6) is 0. The molecule has 0 fully saturated rings. The van der Waals surface area contributed by atoms with Crippen LogP contribution in [0.5, 0.6) is 0 Å². The van der Waals surface area contributed by atoms with Crippen molar-refractivity contribution in [2.75, 3.05) is 10.3 Å². The summed E-state index contributed by atoms with van der Waals surface area (Å²) >= 11 is 0. The van der Waals surface area contributed by atoms with Crippen LogP contribution in [-0.2, 0) is 10.8 Å². The molecule has 10 aromatic rings. The van der Waals surface area contributed by atoms with Gasteiger partial charge in [0.1, 0.15) is 0 Å². The second-order valence-electron chi connectivity index (χ2n) is 19.7. The lowest BCUT2D eigenvalue weighted by atomic mass is 9.80. The predicted molar refractivity (Wildman–Crippen MR) is 295 cm³/mol. The van der Waals surface area contributed by atoms with Crippen LogP contribution in [0.2, 0.25) is 0 Å². The van der Waals surface area contributed by atoms with Crippen LogP contribution in [0.4, 0.5) is 22.7 Å². The van der Waals surface area contributed by atoms with Gasteiger partial charge in [0.05, 0.1) is 11.4 Å². The standard InChI is InChI=1S/C67H53N3/c1-66(2)61-41-51(29-37-57(61)59-39-31-53(43-63(59)66)68-69-65(49-21-13-7-14-22-49)50-23-15-8-16-24-50)52-30-38-58-60-40-36-56(44-64(60)67(3,4)62(58)42-52)70(54-32-25-47(26-33-54)45-17-9-5-10-18-45)55-34-27-48(28-35-55)46-19-11-6-12-20-46/h5-44,68H,1-4H3. The molecule has 0 atom stereocenters. The largest absolute Gasteiger partial charge is 0.310 e. The van der Waals surface area contributed by atoms with Crippen molar-refractivity contribution in [1.29, 1.82) is 0 Å². The minimum atomic E-state index is -0.226. The molecule has 0 aliphatic heterocycles. The highest BCUT2D eigenvalue weighted by molar-refractivity contribution is 6.13. The normalized spacial score (nSPS) is 13.4. The molecule has 1 N–H and O–H groups in total. The Labute approximate surface area is 412 Å². The second-order valence-corrected chi connectivity index (χ2v) is 19.7. The molecule has 0 aromatic heterocycles. The van der Waals surface area contributed by atoms with Gasteiger partial charge in [-0.1, -0.05) is 210 Å². The van der Waals surface area contributed by atoms with E-state index in [4.69, 9.17) is 5.10 Å². The van der Waals surface area contributed by atoms with E-state index in [-0.39, 0.29) is 10.8 Å². The Morgan fingerprint density at radius 3 is 1.13 bits per heavy atom. The molecule has 0 radical (unpaired) electrons. The molecule has 70 heavy (non-hydrogen) atoms. The second kappa shape index (κ2) is 17.2. The van der Waals surface area contributed by atoms with Gasteiger partial charge < -0.3 is 4.90 Å². The molecule has 12 rings (SSSR count). The third-order valence-electron chi connectivity index (χ3n) is 14.8. The third kappa shape index (κ3) is 7.52. The zero-order valence-electron chi connectivity index (χ0n) is 40.0. The van der Waals surface area contributed by atoms with Gasteiger partial charge >= 0.3 is 0 Å². The van der Waals surface area contributed by atoms with Gasteiger partial charge in [0, 0.05) is 39.0 Å². The van der Waals surface area contributed by atoms with Gasteiger partial charge in [0.25, 0.3) is 0 Å². The zero-order valence-corrected chi connectivity index (χ0v) is 40.0. The van der Waals surface area contributed by atoms with Crippen molar-refractivity contribution in [1.82, 2.24) is 0 Å². The summed E-state index contributed by atoms with van der Waals surface area (Å²) in [7, 11) is 0. The van der Waals surface area contributed by atoms with Crippen molar-refractivity contribution in [3.05, 3.63) is 276 Å². The summed E-state index contributed by atoms with van der Waals surface area (Å²) in [5, 5.41) is 5.00. The van der Waals surface area contributed by atoms with Gasteiger partial charge in [-0.05, 0) is 139 Å². The molecular formula is C67H53N3. The van der Waals surface area contributed by atoms with E-state index in [1.54, 1.807) is 0 Å². The van der Waals surface area contributed by atoms with Crippen molar-refractivity contribution < 1.29 is 0 Å². The number of hydrogen-bond donors (Lipinski definition) is 1. The summed E-state index contributed by atoms with van der Waals surface area (Å²) in [6, 6.07) is 87.9. The van der Waals surface area contributed by atoms with Crippen molar-refractivity contribution in [3.8, 4) is 55.6 Å². The van der Waals surface area contributed by atoms with E-state index in [1.807, 2.05) is 12.1 Å². The lowest BCUT2D eigenvalue weighted by Crippen LogP contribution is -2.17. The van der Waals surface area contributed by atoms with Crippen LogP contribution in [0.15, 0.2) is 248 Å². The minimum absolute atomic E-state index is 0.206. The minimum Gasteiger partial charge on any atom is -0.310 e. The monoisotopic (exact) mass is 899 g/mol. The zero-order chi connectivity index (χ0) is 47.4. The van der Waals surface area contributed by atoms with Gasteiger partial charge in [-0.25, -0.2) is 0 Å². The molecule has 336 valence electrons. The maximum atomic E-state index is 5.00. The molecule has 0 amide bonds. The van der Waals surface area contributed by atoms with Gasteiger partial charge in [-0.3, -0.25) is 5.43 Å². The van der Waals surface area contributed by atoms with Gasteiger partial charge in [-0.2, -0.15) is 5.10 Å². The van der Waals surface area contributed by atoms with Gasteiger partial charge in [0.2, 0.25) is 0 Å². The first-order valence-electron chi connectivity index (χ1n) is 24.4. The van der Waals surface area contributed by atoms with E-state index < -0.39 is 0 Å². The first kappa shape index (κ1) is 42.8. The Kier molecular flexibility index (Phi) is 10.5. The maximum absolute atomic E-state index is 5.00. The summed E-state index contributed by atoms with van der Waals surface area (Å²) in [4.78, 5) is 2.40. The van der Waals surface area contributed by atoms with Gasteiger partial charge in [0.15, 0.2) is 0 Å². The lowest BCUT2D eigenvalue weighted by Gasteiger charge is -2.28. The number of hydrogen-bond acceptors (Lipinski definition) is 3. The first-order chi connectivity index (χ1) is 34.2. The maximum Gasteiger partial charge on any atom is 0.0977 e. The number of hydrazone groups is 1. The molecule has 2 aliphatic rings. The van der Waals surface area contributed by atoms with E-state index >= 15 is 0 Å². The SMILES string of the molecule is CC1(C)c2cc(NN=C(c3ccccc3)c3ccccc3)ccc2-c2ccc(-c3ccc4c(c3)C(C)(C)c3cc(N(c5ccc(-c6ccccc6)cc5)c5ccc(-c6ccccc6)cc5)ccc3-4)cc21. The fourth-order valence-corrected chi connectivity index (χ4v) is 11.0. The van der Waals surface area contributed by atoms with E-state index in [9.17, 15) is 0 Å². The first-order valence-corrected chi connectivity index (χ1v) is 24.4. The molecule has 0 spiro atoms. The molecule has 0 heterocycles. The number of anilines is 4. The topological polar surface area (TPSA) is 27.6 Å². The smallest absolute Gasteiger partial charge is 0.0977 e. The van der Waals surface area contributed by atoms with Crippen LogP contribution in [0.3, 0.4) is 0 Å². The Bertz CT molecular complexity index is 3450. The van der Waals surface area contributed by atoms with Crippen LogP contribution in [0.25, 0.3) is 55.6 Å². The highest BCUT2D eigenvalue weighted by atomic mass is 15.3. The van der Waals surface area contributed by atoms with Gasteiger partial charge in [-0.15, -0.1) is 0 Å². The fraction of sp³-hybridized carbons (Fsp3) is 0.0896. The molecule has 0 saturated heterocycles. The van der Waals surface area contributed by atoms with Crippen LogP contribution < -0.4 is 10.3 Å². The molecule has 3 heteroatoms. The molecule has 10 aromatic carbocycles. The van der Waals surface area contributed by atoms with Crippen LogP contribution >= 0.6 is 0 Å². The molecule has 0 unspecified atom stereocenters. The van der Waals surface area contributed by atoms with E-state index in [0.717, 1.165) is 39.6 Å². The molecule has 3 nitrogen and oxygen atoms in total. The van der Waals surface area contributed by atoms with Crippen molar-refractivity contribution in [2.24, 2.45) is 5.10 Å². The molecule has 0 saturated carbocycles. The summed E-state index contributed by atoms with van der Waals surface area (Å²) < 4.78 is 0. The average molecular weight is 900 g/mol. The predicted octanol–water partition coefficient (Wildman–Crippen LogP) is 17.6. The Hall–Kier alpha value is -8.53. The van der Waals surface area contributed by atoms with Crippen LogP contribution in [0.1, 0.15) is 61.1 Å². The number of nitrogens with one attached hydrogen (secondary N) is 1. The van der Waals surface area contributed by atoms with E-state index in [2.05, 4.69) is 269 Å². The quantitative estimate of drug-likeness (QED) is 0.109. The Morgan fingerprint density at radius 2 is 0.671 bits per heavy atom. The van der Waals surface area contributed by atoms with E-state index in [1.165, 1.54) is 77.9 Å². The average Bonchev–Trinajstić information content (AvgIpc) is 3.78. The summed E-state index contributed by atoms with van der Waals surface area (Å²) in [5.41, 5.74) is 28.2. The highest BCUT2D eigenvalue weighted by Gasteiger charge is 2.38. The third-order valence-corrected chi connectivity index (χ3v) is 14.8. The summed E-state index contributed by atoms with van der Waals surface area (Å²) in [6.07, 6.45) is 0. The summed E-state index contributed by atoms with van der Waals surface area (Å²) in [6.45, 7) is 9.48. The van der Waals surface area contributed by atoms with Crippen molar-refractivity contribution in [3.63, 3.8) is 0 Å². The lowest BCUT2D eigenvalue weighted by molar-refractivity contribution is 0.659. The molecule has 0 bridgehead atoms. The molecular weight excluding hydrogens is 847 g/mol. The van der Waals surface area contributed by atoms with Crippen molar-refractivity contribution >= 4 is 28.5 Å². The number of nitrogens with zero attached hydrogens (tertiary/aromatic N) is 2. The Morgan fingerprint density at radius 1 is 0.329 bits per heavy atom. The number of fused-ring (bicyclic) bond motifs is 6. The Balaban J connectivity index is 0.853. The fourth-order valence-electron chi connectivity index (χ4n) is 11.0. The van der Waals surface area contributed by atoms with Crippen molar-refractivity contribution in [2.45, 2.75) is 38.5 Å². The number of benzene rings is 10. The van der Waals surface area contributed by atoms with E-state index in [0.29, 0.717) is 0 Å². The van der Waals surface area contributed by atoms with Crippen LogP contribution in [0, 0.1) is 0 Å². The highest BCUT2D eigenvalue weighted by Crippen LogP contribution is 2.54.